The van der Waals surface area contributed by atoms with Gasteiger partial charge >= 0.3 is 0 Å². The van der Waals surface area contributed by atoms with Crippen molar-refractivity contribution >= 4 is 0 Å². The highest BCUT2D eigenvalue weighted by Gasteiger charge is 2.36. The van der Waals surface area contributed by atoms with E-state index in [1.165, 1.54) is 49.3 Å². The maximum absolute atomic E-state index is 4.49. The first kappa shape index (κ1) is 18.6. The van der Waals surface area contributed by atoms with E-state index in [4.69, 9.17) is 0 Å². The second kappa shape index (κ2) is 8.52. The Morgan fingerprint density at radius 3 is 2.41 bits per heavy atom. The first-order valence-corrected chi connectivity index (χ1v) is 10.9. The molecule has 2 saturated heterocycles. The number of hydrogen-bond donors (Lipinski definition) is 0. The van der Waals surface area contributed by atoms with Gasteiger partial charge in [0.05, 0.1) is 12.0 Å². The van der Waals surface area contributed by atoms with E-state index in [1.54, 1.807) is 0 Å². The molecule has 2 aliphatic heterocycles. The molecule has 0 radical (unpaired) electrons. The zero-order valence-corrected chi connectivity index (χ0v) is 17.0. The Morgan fingerprint density at radius 1 is 0.862 bits per heavy atom. The molecule has 0 aliphatic carbocycles. The summed E-state index contributed by atoms with van der Waals surface area (Å²) in [6.45, 7) is 5.51. The van der Waals surface area contributed by atoms with Gasteiger partial charge in [-0.1, -0.05) is 60.7 Å². The van der Waals surface area contributed by atoms with E-state index < -0.39 is 0 Å². The number of imidazole rings is 1. The highest BCUT2D eigenvalue weighted by atomic mass is 15.3. The van der Waals surface area contributed by atoms with Crippen LogP contribution in [0.3, 0.4) is 0 Å². The lowest BCUT2D eigenvalue weighted by molar-refractivity contribution is 0.0441. The SMILES string of the molecule is c1ccc(C[C@H]2CN3CCC[C@H]3CN2Cc2cncn2Cc2ccccc2)cc1. The van der Waals surface area contributed by atoms with Gasteiger partial charge < -0.3 is 4.57 Å². The van der Waals surface area contributed by atoms with E-state index >= 15 is 0 Å². The van der Waals surface area contributed by atoms with Crippen LogP contribution in [0.15, 0.2) is 73.2 Å². The molecule has 0 bridgehead atoms. The number of benzene rings is 2. The monoisotopic (exact) mass is 386 g/mol. The van der Waals surface area contributed by atoms with Crippen LogP contribution in [0.1, 0.15) is 29.7 Å². The fraction of sp³-hybridized carbons (Fsp3) is 0.400. The summed E-state index contributed by atoms with van der Waals surface area (Å²) in [6.07, 6.45) is 7.86. The van der Waals surface area contributed by atoms with Crippen molar-refractivity contribution < 1.29 is 0 Å². The van der Waals surface area contributed by atoms with Gasteiger partial charge in [-0.15, -0.1) is 0 Å². The van der Waals surface area contributed by atoms with E-state index in [1.807, 2.05) is 6.33 Å². The maximum atomic E-state index is 4.49. The maximum Gasteiger partial charge on any atom is 0.0951 e. The summed E-state index contributed by atoms with van der Waals surface area (Å²) in [5, 5.41) is 0. The van der Waals surface area contributed by atoms with Gasteiger partial charge in [0.15, 0.2) is 0 Å². The summed E-state index contributed by atoms with van der Waals surface area (Å²) in [7, 11) is 0. The fourth-order valence-electron chi connectivity index (χ4n) is 5.03. The second-order valence-corrected chi connectivity index (χ2v) is 8.56. The average molecular weight is 387 g/mol. The van der Waals surface area contributed by atoms with Crippen molar-refractivity contribution in [3.05, 3.63) is 90.0 Å². The summed E-state index contributed by atoms with van der Waals surface area (Å²) in [6, 6.07) is 23.0. The number of rotatable bonds is 6. The largest absolute Gasteiger partial charge is 0.329 e. The molecular weight excluding hydrogens is 356 g/mol. The predicted octanol–water partition coefficient (Wildman–Crippen LogP) is 3.82. The van der Waals surface area contributed by atoms with Gasteiger partial charge in [-0.25, -0.2) is 4.98 Å². The highest BCUT2D eigenvalue weighted by Crippen LogP contribution is 2.27. The molecule has 2 aromatic carbocycles. The van der Waals surface area contributed by atoms with E-state index in [-0.39, 0.29) is 0 Å². The third kappa shape index (κ3) is 4.29. The molecule has 0 unspecified atom stereocenters. The Labute approximate surface area is 173 Å². The average Bonchev–Trinajstić information content (AvgIpc) is 3.39. The van der Waals surface area contributed by atoms with Crippen LogP contribution in [0.5, 0.6) is 0 Å². The van der Waals surface area contributed by atoms with Crippen molar-refractivity contribution in [2.45, 2.75) is 44.4 Å². The van der Waals surface area contributed by atoms with Crippen LogP contribution >= 0.6 is 0 Å². The summed E-state index contributed by atoms with van der Waals surface area (Å²) < 4.78 is 2.32. The number of nitrogens with zero attached hydrogens (tertiary/aromatic N) is 4. The standard InChI is InChI=1S/C25H30N4/c1-3-8-21(9-4-1)14-24-18-27-13-7-12-23(27)17-28(24)19-25-15-26-20-29(25)16-22-10-5-2-6-11-22/h1-6,8-11,15,20,23-24H,7,12-14,16-19H2/t23-,24-/m0/s1. The van der Waals surface area contributed by atoms with Gasteiger partial charge in [-0.05, 0) is 36.9 Å². The minimum Gasteiger partial charge on any atom is -0.329 e. The van der Waals surface area contributed by atoms with Crippen LogP contribution < -0.4 is 0 Å². The summed E-state index contributed by atoms with van der Waals surface area (Å²) in [5.74, 6) is 0. The molecule has 0 spiro atoms. The van der Waals surface area contributed by atoms with Crippen LogP contribution in [0.2, 0.25) is 0 Å². The minimum atomic E-state index is 0.562. The third-order valence-corrected chi connectivity index (χ3v) is 6.58. The lowest BCUT2D eigenvalue weighted by Crippen LogP contribution is -2.56. The summed E-state index contributed by atoms with van der Waals surface area (Å²) >= 11 is 0. The van der Waals surface area contributed by atoms with E-state index in [2.05, 4.69) is 86.2 Å². The van der Waals surface area contributed by atoms with Crippen molar-refractivity contribution in [2.24, 2.45) is 0 Å². The first-order chi connectivity index (χ1) is 14.3. The van der Waals surface area contributed by atoms with Crippen molar-refractivity contribution in [3.8, 4) is 0 Å². The van der Waals surface area contributed by atoms with Crippen molar-refractivity contribution in [1.82, 2.24) is 19.4 Å². The predicted molar refractivity (Wildman–Crippen MR) is 117 cm³/mol. The van der Waals surface area contributed by atoms with Gasteiger partial charge in [0.25, 0.3) is 0 Å². The number of piperazine rings is 1. The minimum absolute atomic E-state index is 0.562. The molecule has 3 heterocycles. The number of aromatic nitrogens is 2. The molecule has 3 aromatic rings. The molecular formula is C25H30N4. The number of hydrogen-bond acceptors (Lipinski definition) is 3. The molecule has 2 fully saturated rings. The highest BCUT2D eigenvalue weighted by molar-refractivity contribution is 5.18. The van der Waals surface area contributed by atoms with Crippen LogP contribution in [-0.2, 0) is 19.5 Å². The number of fused-ring (bicyclic) bond motifs is 1. The Bertz CT molecular complexity index is 905. The molecule has 4 heteroatoms. The molecule has 4 nitrogen and oxygen atoms in total. The molecule has 0 saturated carbocycles. The van der Waals surface area contributed by atoms with E-state index in [9.17, 15) is 0 Å². The zero-order valence-electron chi connectivity index (χ0n) is 17.0. The van der Waals surface area contributed by atoms with Crippen molar-refractivity contribution in [3.63, 3.8) is 0 Å². The van der Waals surface area contributed by atoms with Gasteiger partial charge in [0.2, 0.25) is 0 Å². The Kier molecular flexibility index (Phi) is 5.46. The molecule has 0 amide bonds. The van der Waals surface area contributed by atoms with Gasteiger partial charge in [0, 0.05) is 44.5 Å². The van der Waals surface area contributed by atoms with Crippen molar-refractivity contribution in [1.29, 1.82) is 0 Å². The van der Waals surface area contributed by atoms with Gasteiger partial charge in [0.1, 0.15) is 0 Å². The van der Waals surface area contributed by atoms with Crippen LogP contribution in [0.4, 0.5) is 0 Å². The topological polar surface area (TPSA) is 24.3 Å². The van der Waals surface area contributed by atoms with Crippen molar-refractivity contribution in [2.75, 3.05) is 19.6 Å². The van der Waals surface area contributed by atoms with Gasteiger partial charge in [-0.3, -0.25) is 9.80 Å². The fourth-order valence-corrected chi connectivity index (χ4v) is 5.03. The zero-order chi connectivity index (χ0) is 19.5. The lowest BCUT2D eigenvalue weighted by atomic mass is 9.99. The lowest BCUT2D eigenvalue weighted by Gasteiger charge is -2.44. The Hall–Kier alpha value is -2.43. The van der Waals surface area contributed by atoms with E-state index in [0.717, 1.165) is 25.6 Å². The summed E-state index contributed by atoms with van der Waals surface area (Å²) in [4.78, 5) is 9.93. The Morgan fingerprint density at radius 2 is 1.62 bits per heavy atom. The third-order valence-electron chi connectivity index (χ3n) is 6.58. The Balaban J connectivity index is 1.34. The quantitative estimate of drug-likeness (QED) is 0.644. The van der Waals surface area contributed by atoms with Crippen LogP contribution in [0.25, 0.3) is 0 Å². The van der Waals surface area contributed by atoms with E-state index in [0.29, 0.717) is 6.04 Å². The van der Waals surface area contributed by atoms with Crippen LogP contribution in [0, 0.1) is 0 Å². The van der Waals surface area contributed by atoms with Gasteiger partial charge in [-0.2, -0.15) is 0 Å². The summed E-state index contributed by atoms with van der Waals surface area (Å²) in [5.41, 5.74) is 4.09. The molecule has 150 valence electrons. The van der Waals surface area contributed by atoms with Crippen LogP contribution in [-0.4, -0.2) is 51.1 Å². The second-order valence-electron chi connectivity index (χ2n) is 8.56. The molecule has 2 atom stereocenters. The normalized spacial score (nSPS) is 22.6. The molecule has 1 aromatic heterocycles. The molecule has 0 N–H and O–H groups in total. The molecule has 5 rings (SSSR count). The molecule has 2 aliphatic rings. The smallest absolute Gasteiger partial charge is 0.0951 e. The molecule has 29 heavy (non-hydrogen) atoms. The first-order valence-electron chi connectivity index (χ1n) is 10.9.